The minimum atomic E-state index is 0.383. The maximum atomic E-state index is 2.63. The molecule has 2 aliphatic rings. The average molecular weight is 621 g/mol. The molecule has 1 aromatic rings. The van der Waals surface area contributed by atoms with Crippen LogP contribution >= 0.6 is 11.8 Å². The predicted octanol–water partition coefficient (Wildman–Crippen LogP) is 11.5. The number of para-hydroxylation sites is 1. The van der Waals surface area contributed by atoms with E-state index in [0.29, 0.717) is 5.37 Å². The summed E-state index contributed by atoms with van der Waals surface area (Å²) in [7, 11) is 0. The van der Waals surface area contributed by atoms with Crippen molar-refractivity contribution < 1.29 is 4.48 Å². The minimum absolute atomic E-state index is 0.383. The molecule has 0 aliphatic carbocycles. The summed E-state index contributed by atoms with van der Waals surface area (Å²) in [6, 6.07) is 8.97. The maximum absolute atomic E-state index is 2.63. The third kappa shape index (κ3) is 12.8. The average Bonchev–Trinajstić information content (AvgIpc) is 3.41. The van der Waals surface area contributed by atoms with Gasteiger partial charge in [-0.1, -0.05) is 133 Å². The summed E-state index contributed by atoms with van der Waals surface area (Å²) < 4.78 is 1.23. The zero-order chi connectivity index (χ0) is 31.3. The minimum Gasteiger partial charge on any atom is -0.355 e. The summed E-state index contributed by atoms with van der Waals surface area (Å²) in [5, 5.41) is 0.383. The first-order chi connectivity index (χ1) is 21.6. The summed E-state index contributed by atoms with van der Waals surface area (Å²) >= 11 is 2.00. The molecule has 1 atom stereocenters. The molecule has 2 aliphatic heterocycles. The van der Waals surface area contributed by atoms with Crippen molar-refractivity contribution in [1.29, 1.82) is 0 Å². The van der Waals surface area contributed by atoms with Crippen molar-refractivity contribution in [3.8, 4) is 0 Å². The number of quaternary nitrogens is 1. The van der Waals surface area contributed by atoms with Crippen molar-refractivity contribution in [2.75, 3.05) is 44.2 Å². The van der Waals surface area contributed by atoms with E-state index in [-0.39, 0.29) is 0 Å². The number of anilines is 1. The molecule has 4 heteroatoms. The smallest absolute Gasteiger partial charge is 0.0985 e. The van der Waals surface area contributed by atoms with Gasteiger partial charge in [0.25, 0.3) is 0 Å². The van der Waals surface area contributed by atoms with Gasteiger partial charge in [0.1, 0.15) is 0 Å². The zero-order valence-corrected chi connectivity index (χ0v) is 29.8. The lowest BCUT2D eigenvalue weighted by atomic mass is 10.0. The van der Waals surface area contributed by atoms with E-state index in [0.717, 1.165) is 13.1 Å². The molecule has 0 fully saturated rings. The van der Waals surface area contributed by atoms with Crippen LogP contribution in [0.15, 0.2) is 77.5 Å². The Labute approximate surface area is 277 Å². The van der Waals surface area contributed by atoms with Crippen LogP contribution < -0.4 is 4.90 Å². The first-order valence-corrected chi connectivity index (χ1v) is 19.4. The van der Waals surface area contributed by atoms with Crippen molar-refractivity contribution in [3.63, 3.8) is 0 Å². The molecule has 0 aromatic heterocycles. The van der Waals surface area contributed by atoms with E-state index in [4.69, 9.17) is 0 Å². The highest BCUT2D eigenvalue weighted by Gasteiger charge is 2.27. The van der Waals surface area contributed by atoms with E-state index < -0.39 is 0 Å². The van der Waals surface area contributed by atoms with E-state index in [2.05, 4.69) is 105 Å². The molecule has 0 saturated heterocycles. The molecule has 0 spiro atoms. The van der Waals surface area contributed by atoms with Crippen LogP contribution in [0.5, 0.6) is 0 Å². The highest BCUT2D eigenvalue weighted by Crippen LogP contribution is 2.43. The Morgan fingerprint density at radius 3 is 1.84 bits per heavy atom. The number of fused-ring (bicyclic) bond motifs is 1. The maximum Gasteiger partial charge on any atom is 0.0985 e. The second-order valence-electron chi connectivity index (χ2n) is 13.1. The molecule has 44 heavy (non-hydrogen) atoms. The topological polar surface area (TPSA) is 6.48 Å². The highest BCUT2D eigenvalue weighted by molar-refractivity contribution is 8.00. The SMILES string of the molecule is CCCCCCCCCCCCCCCCN1c2ccccc2SC1C=CC=C1C=CN(CCC[N+](CC)(CC)CC)C=C1. The van der Waals surface area contributed by atoms with Gasteiger partial charge in [0.05, 0.1) is 37.2 Å². The van der Waals surface area contributed by atoms with Crippen molar-refractivity contribution in [1.82, 2.24) is 4.90 Å². The largest absolute Gasteiger partial charge is 0.355 e. The van der Waals surface area contributed by atoms with Gasteiger partial charge in [-0.3, -0.25) is 0 Å². The molecule has 3 rings (SSSR count). The van der Waals surface area contributed by atoms with Gasteiger partial charge >= 0.3 is 0 Å². The van der Waals surface area contributed by atoms with Crippen LogP contribution in [0.25, 0.3) is 0 Å². The van der Waals surface area contributed by atoms with Gasteiger partial charge < -0.3 is 14.3 Å². The van der Waals surface area contributed by atoms with Crippen molar-refractivity contribution in [3.05, 3.63) is 72.6 Å². The van der Waals surface area contributed by atoms with E-state index in [1.54, 1.807) is 0 Å². The number of nitrogens with zero attached hydrogens (tertiary/aromatic N) is 3. The van der Waals surface area contributed by atoms with Crippen LogP contribution in [0.3, 0.4) is 0 Å². The summed E-state index contributed by atoms with van der Waals surface area (Å²) in [4.78, 5) is 6.40. The number of hydrogen-bond acceptors (Lipinski definition) is 3. The second-order valence-corrected chi connectivity index (χ2v) is 14.2. The quantitative estimate of drug-likeness (QED) is 0.0838. The lowest BCUT2D eigenvalue weighted by Gasteiger charge is -2.36. The number of allylic oxidation sites excluding steroid dienone is 5. The fourth-order valence-electron chi connectivity index (χ4n) is 6.72. The zero-order valence-electron chi connectivity index (χ0n) is 29.0. The van der Waals surface area contributed by atoms with Crippen molar-refractivity contribution in [2.24, 2.45) is 0 Å². The predicted molar refractivity (Wildman–Crippen MR) is 197 cm³/mol. The summed E-state index contributed by atoms with van der Waals surface area (Å²) in [6.07, 6.45) is 37.0. The van der Waals surface area contributed by atoms with Crippen LogP contribution in [-0.2, 0) is 0 Å². The fourth-order valence-corrected chi connectivity index (χ4v) is 7.96. The molecule has 1 unspecified atom stereocenters. The van der Waals surface area contributed by atoms with E-state index >= 15 is 0 Å². The molecule has 1 aromatic carbocycles. The third-order valence-electron chi connectivity index (χ3n) is 10.0. The van der Waals surface area contributed by atoms with Gasteiger partial charge in [0, 0.05) is 36.8 Å². The Morgan fingerprint density at radius 2 is 1.25 bits per heavy atom. The molecular weight excluding hydrogens is 555 g/mol. The Morgan fingerprint density at radius 1 is 0.682 bits per heavy atom. The standard InChI is InChI=1S/C40H66N3S/c1-5-9-10-11-12-13-14-15-16-17-18-19-20-23-33-42-38-27-21-22-28-39(38)44-40(42)29-24-26-37-30-34-41(35-31-37)32-25-36-43(6-2,7-3)8-4/h21-22,24,26-31,34-35,40H,5-20,23,25,32-33,36H2,1-4H3/q+1. The summed E-state index contributed by atoms with van der Waals surface area (Å²) in [6.45, 7) is 16.5. The lowest BCUT2D eigenvalue weighted by molar-refractivity contribution is -0.923. The number of unbranched alkanes of at least 4 members (excludes halogenated alkanes) is 13. The Balaban J connectivity index is 1.35. The highest BCUT2D eigenvalue weighted by atomic mass is 32.2. The van der Waals surface area contributed by atoms with Gasteiger partial charge in [0.2, 0.25) is 0 Å². The Hall–Kier alpha value is -1.91. The molecular formula is C40H66N3S+. The van der Waals surface area contributed by atoms with Gasteiger partial charge in [-0.05, 0) is 57.0 Å². The molecule has 0 saturated carbocycles. The monoisotopic (exact) mass is 620 g/mol. The summed E-state index contributed by atoms with van der Waals surface area (Å²) in [5.74, 6) is 0. The van der Waals surface area contributed by atoms with Crippen LogP contribution in [0.1, 0.15) is 124 Å². The van der Waals surface area contributed by atoms with E-state index in [1.807, 2.05) is 11.8 Å². The Kier molecular flexibility index (Phi) is 18.1. The molecule has 3 nitrogen and oxygen atoms in total. The normalized spacial score (nSPS) is 16.5. The van der Waals surface area contributed by atoms with Crippen LogP contribution in [0, 0.1) is 0 Å². The summed E-state index contributed by atoms with van der Waals surface area (Å²) in [5.41, 5.74) is 2.69. The van der Waals surface area contributed by atoms with Crippen molar-refractivity contribution >= 4 is 17.4 Å². The van der Waals surface area contributed by atoms with Crippen LogP contribution in [-0.4, -0.2) is 54.0 Å². The van der Waals surface area contributed by atoms with Gasteiger partial charge in [-0.25, -0.2) is 0 Å². The van der Waals surface area contributed by atoms with Gasteiger partial charge in [-0.15, -0.1) is 0 Å². The third-order valence-corrected chi connectivity index (χ3v) is 11.3. The fraction of sp³-hybridized carbons (Fsp3) is 0.650. The number of thioether (sulfide) groups is 1. The Bertz CT molecular complexity index is 997. The van der Waals surface area contributed by atoms with Gasteiger partial charge in [-0.2, -0.15) is 0 Å². The van der Waals surface area contributed by atoms with E-state index in [9.17, 15) is 0 Å². The van der Waals surface area contributed by atoms with Crippen molar-refractivity contribution in [2.45, 2.75) is 134 Å². The van der Waals surface area contributed by atoms with Gasteiger partial charge in [0.15, 0.2) is 0 Å². The molecule has 0 radical (unpaired) electrons. The van der Waals surface area contributed by atoms with Crippen LogP contribution in [0.2, 0.25) is 0 Å². The molecule has 0 bridgehead atoms. The molecule has 0 N–H and O–H groups in total. The molecule has 2 heterocycles. The number of hydrogen-bond donors (Lipinski definition) is 0. The van der Waals surface area contributed by atoms with E-state index in [1.165, 1.54) is 143 Å². The number of benzene rings is 1. The second kappa shape index (κ2) is 21.8. The van der Waals surface area contributed by atoms with Crippen LogP contribution in [0.4, 0.5) is 5.69 Å². The molecule has 0 amide bonds. The first-order valence-electron chi connectivity index (χ1n) is 18.5. The number of rotatable bonds is 24. The molecule has 246 valence electrons. The first kappa shape index (κ1) is 36.6. The lowest BCUT2D eigenvalue weighted by Crippen LogP contribution is -2.48.